The van der Waals surface area contributed by atoms with Crippen molar-refractivity contribution in [2.75, 3.05) is 26.2 Å². The second-order valence-corrected chi connectivity index (χ2v) is 12.2. The zero-order valence-electron chi connectivity index (χ0n) is 18.5. The van der Waals surface area contributed by atoms with Crippen molar-refractivity contribution >= 4 is 15.0 Å². The van der Waals surface area contributed by atoms with E-state index in [1.807, 2.05) is 0 Å². The molecule has 8 heteroatoms. The molecule has 0 fully saturated rings. The van der Waals surface area contributed by atoms with E-state index in [2.05, 4.69) is 32.9 Å². The fourth-order valence-corrected chi connectivity index (χ4v) is 8.55. The third-order valence-corrected chi connectivity index (χ3v) is 10.6. The lowest BCUT2D eigenvalue weighted by atomic mass is 10.1. The number of unbranched alkanes of at least 4 members (excludes halogenated alkanes) is 1. The van der Waals surface area contributed by atoms with Crippen molar-refractivity contribution in [2.45, 2.75) is 79.0 Å². The fraction of sp³-hybridized carbons (Fsp3) is 0.800. The first-order valence-electron chi connectivity index (χ1n) is 10.2. The van der Waals surface area contributed by atoms with Crippen molar-refractivity contribution < 1.29 is 27.8 Å². The highest BCUT2D eigenvalue weighted by Gasteiger charge is 2.48. The third kappa shape index (κ3) is 10.0. The maximum atomic E-state index is 13.3. The number of allylic oxidation sites excluding steroid dienone is 4. The van der Waals surface area contributed by atoms with Crippen LogP contribution in [-0.4, -0.2) is 36.7 Å². The van der Waals surface area contributed by atoms with Gasteiger partial charge in [0.15, 0.2) is 0 Å². The Hall–Kier alpha value is -0.220. The molecule has 0 saturated carbocycles. The smallest absolute Gasteiger partial charge is 0.343 e. The van der Waals surface area contributed by atoms with E-state index >= 15 is 0 Å². The van der Waals surface area contributed by atoms with Gasteiger partial charge in [0, 0.05) is 0 Å². The highest BCUT2D eigenvalue weighted by Crippen LogP contribution is 2.70. The summed E-state index contributed by atoms with van der Waals surface area (Å²) in [5, 5.41) is 8.78. The molecule has 0 rings (SSSR count). The van der Waals surface area contributed by atoms with Crippen LogP contribution in [0, 0.1) is 0 Å². The molecular formula is C20H40O6P2. The van der Waals surface area contributed by atoms with Gasteiger partial charge in [-0.3, -0.25) is 9.13 Å². The van der Waals surface area contributed by atoms with Crippen LogP contribution in [0.4, 0.5) is 0 Å². The minimum Gasteiger partial charge on any atom is -0.386 e. The second-order valence-electron chi connectivity index (χ2n) is 6.94. The summed E-state index contributed by atoms with van der Waals surface area (Å²) in [6.07, 6.45) is 7.49. The molecule has 2 unspecified atom stereocenters. The zero-order chi connectivity index (χ0) is 21.6. The first-order valence-corrected chi connectivity index (χ1v) is 13.7. The van der Waals surface area contributed by atoms with E-state index in [0.717, 1.165) is 19.3 Å². The van der Waals surface area contributed by atoms with Crippen molar-refractivity contribution in [1.29, 1.82) is 0 Å². The van der Waals surface area contributed by atoms with Gasteiger partial charge in [-0.1, -0.05) is 23.3 Å². The van der Waals surface area contributed by atoms with E-state index in [9.17, 15) is 14.2 Å². The number of rotatable bonds is 16. The summed E-state index contributed by atoms with van der Waals surface area (Å²) in [6, 6.07) is 0. The van der Waals surface area contributed by atoms with Crippen LogP contribution in [0.25, 0.3) is 0 Å². The summed E-state index contributed by atoms with van der Waals surface area (Å²) in [5.74, 6) is 0. The van der Waals surface area contributed by atoms with Crippen molar-refractivity contribution in [3.63, 3.8) is 0 Å². The summed E-state index contributed by atoms with van der Waals surface area (Å²) < 4.78 is 42.7. The molecule has 0 aliphatic heterocycles. The Morgan fingerprint density at radius 1 is 0.929 bits per heavy atom. The van der Waals surface area contributed by atoms with Crippen LogP contribution in [0.2, 0.25) is 0 Å². The number of hydrogen-bond donors (Lipinski definition) is 1. The van der Waals surface area contributed by atoms with Crippen LogP contribution >= 0.6 is 15.0 Å². The maximum absolute atomic E-state index is 13.3. The molecule has 6 nitrogen and oxygen atoms in total. The van der Waals surface area contributed by atoms with Gasteiger partial charge in [0.1, 0.15) is 11.7 Å². The van der Waals surface area contributed by atoms with Gasteiger partial charge in [0.05, 0.1) is 19.8 Å². The van der Waals surface area contributed by atoms with Gasteiger partial charge in [-0.25, -0.2) is 0 Å². The summed E-state index contributed by atoms with van der Waals surface area (Å²) in [5.41, 5.74) is 2.61. The van der Waals surface area contributed by atoms with Gasteiger partial charge >= 0.3 is 7.60 Å². The minimum atomic E-state index is -3.67. The second kappa shape index (κ2) is 14.7. The molecule has 0 amide bonds. The molecule has 0 aliphatic carbocycles. The van der Waals surface area contributed by atoms with Gasteiger partial charge in [-0.2, -0.15) is 0 Å². The van der Waals surface area contributed by atoms with E-state index in [1.165, 1.54) is 11.1 Å². The lowest BCUT2D eigenvalue weighted by Crippen LogP contribution is -2.18. The minimum absolute atomic E-state index is 0.163. The van der Waals surface area contributed by atoms with Crippen molar-refractivity contribution in [3.8, 4) is 0 Å². The van der Waals surface area contributed by atoms with Crippen LogP contribution in [0.3, 0.4) is 0 Å². The number of aliphatic hydroxyl groups is 1. The monoisotopic (exact) mass is 438 g/mol. The lowest BCUT2D eigenvalue weighted by Gasteiger charge is -2.31. The summed E-state index contributed by atoms with van der Waals surface area (Å²) >= 11 is 0. The van der Waals surface area contributed by atoms with Crippen LogP contribution in [0.5, 0.6) is 0 Å². The summed E-state index contributed by atoms with van der Waals surface area (Å²) in [6.45, 7) is 11.9. The Balaban J connectivity index is 5.21. The Bertz CT molecular complexity index is 571. The van der Waals surface area contributed by atoms with Crippen molar-refractivity contribution in [2.24, 2.45) is 0 Å². The van der Waals surface area contributed by atoms with Gasteiger partial charge < -0.3 is 18.7 Å². The molecule has 0 saturated heterocycles. The number of hydrogen-bond acceptors (Lipinski definition) is 6. The van der Waals surface area contributed by atoms with Gasteiger partial charge in [-0.05, 0) is 73.6 Å². The molecular weight excluding hydrogens is 398 g/mol. The fourth-order valence-electron chi connectivity index (χ4n) is 2.92. The average Bonchev–Trinajstić information content (AvgIpc) is 2.61. The average molecular weight is 438 g/mol. The predicted octanol–water partition coefficient (Wildman–Crippen LogP) is 6.71. The van der Waals surface area contributed by atoms with Crippen LogP contribution < -0.4 is 0 Å². The van der Waals surface area contributed by atoms with E-state index in [1.54, 1.807) is 20.8 Å². The highest BCUT2D eigenvalue weighted by molar-refractivity contribution is 7.75. The Kier molecular flexibility index (Phi) is 14.6. The lowest BCUT2D eigenvalue weighted by molar-refractivity contribution is 0.211. The summed E-state index contributed by atoms with van der Waals surface area (Å²) in [4.78, 5) is 0. The van der Waals surface area contributed by atoms with E-state index < -0.39 is 26.7 Å². The van der Waals surface area contributed by atoms with Gasteiger partial charge in [0.25, 0.3) is 0 Å². The Labute approximate surface area is 171 Å². The molecule has 2 atom stereocenters. The first kappa shape index (κ1) is 27.8. The summed E-state index contributed by atoms with van der Waals surface area (Å²) in [7, 11) is -7.24. The molecule has 0 heterocycles. The molecule has 0 aliphatic rings. The highest BCUT2D eigenvalue weighted by atomic mass is 31.2. The van der Waals surface area contributed by atoms with E-state index in [4.69, 9.17) is 13.6 Å². The molecule has 0 radical (unpaired) electrons. The molecule has 0 bridgehead atoms. The molecule has 1 N–H and O–H groups in total. The predicted molar refractivity (Wildman–Crippen MR) is 117 cm³/mol. The normalized spacial score (nSPS) is 15.9. The van der Waals surface area contributed by atoms with Crippen molar-refractivity contribution in [1.82, 2.24) is 0 Å². The topological polar surface area (TPSA) is 82.1 Å². The first-order chi connectivity index (χ1) is 13.2. The van der Waals surface area contributed by atoms with Crippen LogP contribution in [0.1, 0.15) is 73.6 Å². The largest absolute Gasteiger partial charge is 0.386 e. The molecule has 166 valence electrons. The third-order valence-electron chi connectivity index (χ3n) is 4.23. The van der Waals surface area contributed by atoms with Crippen LogP contribution in [0.15, 0.2) is 23.3 Å². The van der Waals surface area contributed by atoms with Gasteiger partial charge in [0.2, 0.25) is 7.37 Å². The number of aliphatic hydroxyl groups excluding tert-OH is 1. The van der Waals surface area contributed by atoms with Gasteiger partial charge in [-0.15, -0.1) is 0 Å². The molecule has 28 heavy (non-hydrogen) atoms. The standard InChI is InChI=1S/C20H40O6P2/c1-7-24-27(22,17-21)20(28(23,25-8-2)26-9-3)16-11-10-14-19(6)15-12-13-18(4)5/h13-14,20-21H,7-12,15-17H2,1-6H3/b19-14+. The Morgan fingerprint density at radius 3 is 1.96 bits per heavy atom. The molecule has 0 aromatic rings. The molecule has 0 spiro atoms. The molecule has 0 aromatic heterocycles. The van der Waals surface area contributed by atoms with Crippen molar-refractivity contribution in [3.05, 3.63) is 23.3 Å². The SMILES string of the molecule is CCOP(=O)(CO)C(CCC/C=C(\C)CCC=C(C)C)P(=O)(OCC)OCC. The quantitative estimate of drug-likeness (QED) is 0.164. The van der Waals surface area contributed by atoms with E-state index in [-0.39, 0.29) is 19.8 Å². The molecule has 0 aromatic carbocycles. The maximum Gasteiger partial charge on any atom is 0.343 e. The van der Waals surface area contributed by atoms with Crippen LogP contribution in [-0.2, 0) is 22.7 Å². The zero-order valence-corrected chi connectivity index (χ0v) is 20.3. The Morgan fingerprint density at radius 2 is 1.50 bits per heavy atom. The van der Waals surface area contributed by atoms with E-state index in [0.29, 0.717) is 12.8 Å².